The second kappa shape index (κ2) is 8.45. The second-order valence-electron chi connectivity index (χ2n) is 5.68. The predicted octanol–water partition coefficient (Wildman–Crippen LogP) is 3.05. The molecule has 0 heterocycles. The fourth-order valence-electron chi connectivity index (χ4n) is 2.52. The summed E-state index contributed by atoms with van der Waals surface area (Å²) in [7, 11) is 5.25. The summed E-state index contributed by atoms with van der Waals surface area (Å²) in [5.74, 6) is 1.48. The number of aliphatic hydroxyl groups is 1. The highest BCUT2D eigenvalue weighted by Gasteiger charge is 2.08. The molecule has 24 heavy (non-hydrogen) atoms. The number of aliphatic hydroxyl groups excluding tert-OH is 1. The normalized spacial score (nSPS) is 10.4. The van der Waals surface area contributed by atoms with Crippen LogP contribution in [0.1, 0.15) is 11.1 Å². The van der Waals surface area contributed by atoms with E-state index in [-0.39, 0.29) is 6.61 Å². The maximum absolute atomic E-state index is 9.00. The topological polar surface area (TPSA) is 54.0 Å². The van der Waals surface area contributed by atoms with Gasteiger partial charge in [0.25, 0.3) is 0 Å². The average Bonchev–Trinajstić information content (AvgIpc) is 2.61. The van der Waals surface area contributed by atoms with Crippen molar-refractivity contribution in [3.05, 3.63) is 47.5 Å². The van der Waals surface area contributed by atoms with Crippen LogP contribution in [-0.4, -0.2) is 39.5 Å². The molecule has 0 bridgehead atoms. The number of nitrogens with zero attached hydrogens (tertiary/aromatic N) is 1. The summed E-state index contributed by atoms with van der Waals surface area (Å²) in [5, 5.41) is 12.4. The summed E-state index contributed by atoms with van der Waals surface area (Å²) in [6.45, 7) is 3.54. The van der Waals surface area contributed by atoms with Gasteiger partial charge < -0.3 is 24.8 Å². The summed E-state index contributed by atoms with van der Waals surface area (Å²) < 4.78 is 10.7. The number of benzene rings is 2. The van der Waals surface area contributed by atoms with Crippen molar-refractivity contribution in [1.29, 1.82) is 0 Å². The molecule has 0 atom stereocenters. The first kappa shape index (κ1) is 17.9. The van der Waals surface area contributed by atoms with E-state index in [0.717, 1.165) is 34.0 Å². The molecular formula is C19H26N2O3. The number of anilines is 2. The monoisotopic (exact) mass is 330 g/mol. The predicted molar refractivity (Wildman–Crippen MR) is 98.4 cm³/mol. The Morgan fingerprint density at radius 2 is 1.67 bits per heavy atom. The first-order chi connectivity index (χ1) is 11.6. The first-order valence-electron chi connectivity index (χ1n) is 7.96. The number of aryl methyl sites for hydroxylation is 1. The quantitative estimate of drug-likeness (QED) is 0.779. The third-order valence-electron chi connectivity index (χ3n) is 4.07. The average molecular weight is 330 g/mol. The smallest absolute Gasteiger partial charge is 0.161 e. The molecule has 5 nitrogen and oxygen atoms in total. The maximum Gasteiger partial charge on any atom is 0.161 e. The molecule has 0 aliphatic carbocycles. The molecule has 2 N–H and O–H groups in total. The van der Waals surface area contributed by atoms with Gasteiger partial charge in [0.15, 0.2) is 11.5 Å². The van der Waals surface area contributed by atoms with Gasteiger partial charge in [-0.25, -0.2) is 0 Å². The van der Waals surface area contributed by atoms with Crippen molar-refractivity contribution in [3.63, 3.8) is 0 Å². The maximum atomic E-state index is 9.00. The Balaban J connectivity index is 2.05. The minimum absolute atomic E-state index is 0.148. The van der Waals surface area contributed by atoms with Crippen LogP contribution in [-0.2, 0) is 6.54 Å². The van der Waals surface area contributed by atoms with Gasteiger partial charge in [-0.1, -0.05) is 0 Å². The Morgan fingerprint density at radius 1 is 1.04 bits per heavy atom. The van der Waals surface area contributed by atoms with E-state index in [1.54, 1.807) is 14.2 Å². The molecule has 0 amide bonds. The van der Waals surface area contributed by atoms with E-state index in [4.69, 9.17) is 14.6 Å². The van der Waals surface area contributed by atoms with Gasteiger partial charge in [0.1, 0.15) is 0 Å². The molecule has 0 saturated heterocycles. The lowest BCUT2D eigenvalue weighted by Crippen LogP contribution is -2.20. The van der Waals surface area contributed by atoms with Crippen LogP contribution in [0, 0.1) is 6.92 Å². The highest BCUT2D eigenvalue weighted by atomic mass is 16.5. The largest absolute Gasteiger partial charge is 0.493 e. The van der Waals surface area contributed by atoms with Crippen molar-refractivity contribution in [1.82, 2.24) is 0 Å². The zero-order chi connectivity index (χ0) is 17.5. The summed E-state index contributed by atoms with van der Waals surface area (Å²) >= 11 is 0. The molecule has 0 spiro atoms. The molecule has 0 saturated carbocycles. The number of rotatable bonds is 8. The number of hydrogen-bond acceptors (Lipinski definition) is 5. The van der Waals surface area contributed by atoms with Crippen molar-refractivity contribution in [3.8, 4) is 11.5 Å². The number of likely N-dealkylation sites (N-methyl/N-ethyl adjacent to an activating group) is 1. The molecule has 0 radical (unpaired) electrons. The van der Waals surface area contributed by atoms with E-state index in [0.29, 0.717) is 13.1 Å². The molecule has 0 aliphatic rings. The summed E-state index contributed by atoms with van der Waals surface area (Å²) in [5.41, 5.74) is 4.44. The van der Waals surface area contributed by atoms with Crippen LogP contribution >= 0.6 is 0 Å². The number of nitrogens with one attached hydrogen (secondary N) is 1. The Hall–Kier alpha value is -2.40. The zero-order valence-corrected chi connectivity index (χ0v) is 14.8. The van der Waals surface area contributed by atoms with Crippen molar-refractivity contribution in [2.45, 2.75) is 13.5 Å². The summed E-state index contributed by atoms with van der Waals surface area (Å²) in [4.78, 5) is 2.02. The van der Waals surface area contributed by atoms with Gasteiger partial charge in [-0.15, -0.1) is 0 Å². The van der Waals surface area contributed by atoms with Gasteiger partial charge >= 0.3 is 0 Å². The number of methoxy groups -OCH3 is 2. The Labute approximate surface area is 143 Å². The molecule has 0 fully saturated rings. The molecule has 5 heteroatoms. The van der Waals surface area contributed by atoms with Crippen molar-refractivity contribution >= 4 is 11.4 Å². The van der Waals surface area contributed by atoms with Crippen LogP contribution in [0.25, 0.3) is 0 Å². The van der Waals surface area contributed by atoms with Crippen molar-refractivity contribution < 1.29 is 14.6 Å². The SMILES string of the molecule is COc1cc(C)c(CNc2ccc(N(C)CCO)cc2)cc1OC. The molecule has 130 valence electrons. The van der Waals surface area contributed by atoms with Crippen LogP contribution in [0.5, 0.6) is 11.5 Å². The summed E-state index contributed by atoms with van der Waals surface area (Å²) in [6.07, 6.45) is 0. The van der Waals surface area contributed by atoms with Crippen LogP contribution in [0.15, 0.2) is 36.4 Å². The first-order valence-corrected chi connectivity index (χ1v) is 7.96. The minimum Gasteiger partial charge on any atom is -0.493 e. The fourth-order valence-corrected chi connectivity index (χ4v) is 2.52. The highest BCUT2D eigenvalue weighted by molar-refractivity contribution is 5.55. The van der Waals surface area contributed by atoms with Crippen molar-refractivity contribution in [2.75, 3.05) is 44.6 Å². The van der Waals surface area contributed by atoms with E-state index in [9.17, 15) is 0 Å². The molecule has 2 rings (SSSR count). The van der Waals surface area contributed by atoms with Gasteiger partial charge in [0.05, 0.1) is 20.8 Å². The highest BCUT2D eigenvalue weighted by Crippen LogP contribution is 2.30. The van der Waals surface area contributed by atoms with Crippen molar-refractivity contribution in [2.24, 2.45) is 0 Å². The standard InChI is InChI=1S/C19H26N2O3/c1-14-11-18(23-3)19(24-4)12-15(14)13-20-16-5-7-17(8-6-16)21(2)9-10-22/h5-8,11-12,20,22H,9-10,13H2,1-4H3. The van der Waals surface area contributed by atoms with Gasteiger partial charge in [0, 0.05) is 31.5 Å². The van der Waals surface area contributed by atoms with E-state index in [1.807, 2.05) is 48.3 Å². The van der Waals surface area contributed by atoms with E-state index >= 15 is 0 Å². The zero-order valence-electron chi connectivity index (χ0n) is 14.8. The third kappa shape index (κ3) is 4.32. The molecule has 0 aliphatic heterocycles. The van der Waals surface area contributed by atoms with E-state index in [2.05, 4.69) is 12.2 Å². The third-order valence-corrected chi connectivity index (χ3v) is 4.07. The van der Waals surface area contributed by atoms with Crippen LogP contribution < -0.4 is 19.7 Å². The minimum atomic E-state index is 0.148. The molecule has 2 aromatic rings. The summed E-state index contributed by atoms with van der Waals surface area (Å²) in [6, 6.07) is 12.2. The molecule has 0 aromatic heterocycles. The Bertz CT molecular complexity index is 656. The second-order valence-corrected chi connectivity index (χ2v) is 5.68. The van der Waals surface area contributed by atoms with Crippen LogP contribution in [0.2, 0.25) is 0 Å². The lowest BCUT2D eigenvalue weighted by molar-refractivity contribution is 0.304. The molecule has 0 unspecified atom stereocenters. The van der Waals surface area contributed by atoms with Gasteiger partial charge in [-0.3, -0.25) is 0 Å². The van der Waals surface area contributed by atoms with Gasteiger partial charge in [-0.2, -0.15) is 0 Å². The molecule has 2 aromatic carbocycles. The number of hydrogen-bond donors (Lipinski definition) is 2. The fraction of sp³-hybridized carbons (Fsp3) is 0.368. The molecular weight excluding hydrogens is 304 g/mol. The Kier molecular flexibility index (Phi) is 6.32. The lowest BCUT2D eigenvalue weighted by atomic mass is 10.1. The van der Waals surface area contributed by atoms with E-state index < -0.39 is 0 Å². The van der Waals surface area contributed by atoms with Gasteiger partial charge in [0.2, 0.25) is 0 Å². The van der Waals surface area contributed by atoms with Gasteiger partial charge in [-0.05, 0) is 54.4 Å². The van der Waals surface area contributed by atoms with Crippen LogP contribution in [0.4, 0.5) is 11.4 Å². The lowest BCUT2D eigenvalue weighted by Gasteiger charge is -2.18. The van der Waals surface area contributed by atoms with E-state index in [1.165, 1.54) is 0 Å². The number of ether oxygens (including phenoxy) is 2. The van der Waals surface area contributed by atoms with Crippen LogP contribution in [0.3, 0.4) is 0 Å². The Morgan fingerprint density at radius 3 is 2.25 bits per heavy atom.